The lowest BCUT2D eigenvalue weighted by Gasteiger charge is -2.40. The zero-order chi connectivity index (χ0) is 65.1. The number of aliphatic hydroxyl groups is 5. The molecule has 532 valence electrons. The average Bonchev–Trinajstić information content (AvgIpc) is 3.37. The van der Waals surface area contributed by atoms with Crippen molar-refractivity contribution in [1.29, 1.82) is 0 Å². The number of esters is 1. The molecule has 0 aromatic heterocycles. The Labute approximate surface area is 556 Å². The number of carbonyl (C=O) groups excluding carboxylic acids is 2. The molecule has 90 heavy (non-hydrogen) atoms. The van der Waals surface area contributed by atoms with E-state index in [-0.39, 0.29) is 18.5 Å². The van der Waals surface area contributed by atoms with Gasteiger partial charge >= 0.3 is 5.97 Å². The first-order valence-electron chi connectivity index (χ1n) is 39.6. The van der Waals surface area contributed by atoms with E-state index >= 15 is 0 Å². The predicted octanol–water partition coefficient (Wildman–Crippen LogP) is 21.1. The summed E-state index contributed by atoms with van der Waals surface area (Å²) in [5.41, 5.74) is 0. The van der Waals surface area contributed by atoms with Crippen LogP contribution in [0.5, 0.6) is 0 Å². The molecule has 0 aliphatic carbocycles. The topological polar surface area (TPSA) is 175 Å². The molecule has 0 aromatic rings. The van der Waals surface area contributed by atoms with E-state index in [1.807, 2.05) is 6.08 Å². The van der Waals surface area contributed by atoms with Crippen molar-refractivity contribution in [1.82, 2.24) is 5.32 Å². The van der Waals surface area contributed by atoms with Crippen molar-refractivity contribution in [3.8, 4) is 0 Å². The second-order valence-corrected chi connectivity index (χ2v) is 27.8. The molecule has 1 heterocycles. The van der Waals surface area contributed by atoms with Crippen LogP contribution in [0.15, 0.2) is 24.3 Å². The first-order chi connectivity index (χ1) is 44.2. The van der Waals surface area contributed by atoms with Gasteiger partial charge in [0.25, 0.3) is 0 Å². The molecule has 0 bridgehead atoms. The molecule has 7 unspecified atom stereocenters. The number of carbonyl (C=O) groups is 2. The van der Waals surface area contributed by atoms with Crippen molar-refractivity contribution in [2.75, 3.05) is 19.8 Å². The highest BCUT2D eigenvalue weighted by Crippen LogP contribution is 2.24. The van der Waals surface area contributed by atoms with Crippen LogP contribution in [0.2, 0.25) is 0 Å². The fraction of sp³-hybridized carbons (Fsp3) is 0.924. The molecule has 1 aliphatic heterocycles. The van der Waals surface area contributed by atoms with Crippen molar-refractivity contribution in [3.63, 3.8) is 0 Å². The normalized spacial score (nSPS) is 17.7. The minimum absolute atomic E-state index is 0.0182. The fourth-order valence-electron chi connectivity index (χ4n) is 12.8. The number of hydrogen-bond donors (Lipinski definition) is 6. The number of hydrogen-bond acceptors (Lipinski definition) is 10. The number of unbranched alkanes of at least 4 members (excludes halogenated alkanes) is 55. The Balaban J connectivity index is 1.87. The Hall–Kier alpha value is -1.86. The lowest BCUT2D eigenvalue weighted by Crippen LogP contribution is -2.60. The standard InChI is InChI=1S/C79H151NO10/c1-3-5-7-9-11-13-15-47-51-55-59-63-67-75(84)88-68-64-60-56-52-48-44-42-40-38-36-34-32-30-28-26-24-22-20-18-16-17-19-21-23-25-27-29-31-33-35-37-39-41-43-46-50-54-58-62-66-74(83)80-71(70-89-79-78(87)77(86)76(85)73(69-81)90-79)72(82)65-61-57-53-49-45-14-12-10-8-6-4-2/h16-17,61,65,71-73,76-79,81-82,85-87H,3-15,18-60,62-64,66-70H2,1-2H3,(H,80,83)/b17-16-,65-61+. The maximum Gasteiger partial charge on any atom is 0.305 e. The van der Waals surface area contributed by atoms with Crippen LogP contribution in [0.3, 0.4) is 0 Å². The molecule has 0 aromatic carbocycles. The zero-order valence-electron chi connectivity index (χ0n) is 59.4. The second kappa shape index (κ2) is 68.5. The minimum atomic E-state index is -1.57. The molecule has 0 saturated carbocycles. The van der Waals surface area contributed by atoms with Gasteiger partial charge in [0.05, 0.1) is 32.0 Å². The number of amides is 1. The maximum absolute atomic E-state index is 13.1. The maximum atomic E-state index is 13.1. The summed E-state index contributed by atoms with van der Waals surface area (Å²) in [7, 11) is 0. The molecule has 1 amide bonds. The number of aliphatic hydroxyl groups excluding tert-OH is 5. The van der Waals surface area contributed by atoms with E-state index in [1.165, 1.54) is 327 Å². The third-order valence-electron chi connectivity index (χ3n) is 19.1. The van der Waals surface area contributed by atoms with Gasteiger partial charge in [-0.1, -0.05) is 359 Å². The van der Waals surface area contributed by atoms with Crippen molar-refractivity contribution in [2.45, 2.75) is 448 Å². The van der Waals surface area contributed by atoms with Gasteiger partial charge < -0.3 is 45.1 Å². The van der Waals surface area contributed by atoms with E-state index in [0.29, 0.717) is 19.4 Å². The Morgan fingerprint density at radius 2 is 0.711 bits per heavy atom. The van der Waals surface area contributed by atoms with Gasteiger partial charge in [-0.15, -0.1) is 0 Å². The Kier molecular flexibility index (Phi) is 65.6. The van der Waals surface area contributed by atoms with Crippen LogP contribution in [-0.4, -0.2) is 100 Å². The van der Waals surface area contributed by atoms with Gasteiger partial charge in [-0.25, -0.2) is 0 Å². The summed E-state index contributed by atoms with van der Waals surface area (Å²) in [6.07, 6.45) is 77.9. The molecule has 11 nitrogen and oxygen atoms in total. The lowest BCUT2D eigenvalue weighted by atomic mass is 9.99. The quantitative estimate of drug-likeness (QED) is 0.0195. The fourth-order valence-corrected chi connectivity index (χ4v) is 12.8. The van der Waals surface area contributed by atoms with Crippen LogP contribution in [0.1, 0.15) is 406 Å². The molecule has 0 radical (unpaired) electrons. The minimum Gasteiger partial charge on any atom is -0.466 e. The Morgan fingerprint density at radius 1 is 0.400 bits per heavy atom. The van der Waals surface area contributed by atoms with Crippen LogP contribution >= 0.6 is 0 Å². The van der Waals surface area contributed by atoms with E-state index in [4.69, 9.17) is 14.2 Å². The second-order valence-electron chi connectivity index (χ2n) is 27.8. The van der Waals surface area contributed by atoms with Gasteiger partial charge in [0, 0.05) is 12.8 Å². The highest BCUT2D eigenvalue weighted by molar-refractivity contribution is 5.76. The van der Waals surface area contributed by atoms with Crippen molar-refractivity contribution in [3.05, 3.63) is 24.3 Å². The van der Waals surface area contributed by atoms with Crippen LogP contribution < -0.4 is 5.32 Å². The largest absolute Gasteiger partial charge is 0.466 e. The first kappa shape index (κ1) is 86.2. The number of rotatable bonds is 71. The van der Waals surface area contributed by atoms with Crippen LogP contribution in [0.25, 0.3) is 0 Å². The molecule has 11 heteroatoms. The molecule has 1 saturated heterocycles. The number of nitrogens with one attached hydrogen (secondary N) is 1. The number of ether oxygens (including phenoxy) is 3. The zero-order valence-corrected chi connectivity index (χ0v) is 59.4. The molecular formula is C79H151NO10. The average molecular weight is 1280 g/mol. The van der Waals surface area contributed by atoms with Crippen molar-refractivity contribution in [2.24, 2.45) is 0 Å². The van der Waals surface area contributed by atoms with Crippen molar-refractivity contribution >= 4 is 11.9 Å². The highest BCUT2D eigenvalue weighted by atomic mass is 16.7. The summed E-state index contributed by atoms with van der Waals surface area (Å²) in [6.45, 7) is 4.38. The number of allylic oxidation sites excluding steroid dienone is 3. The van der Waals surface area contributed by atoms with E-state index in [9.17, 15) is 35.1 Å². The SMILES string of the molecule is CCCCCCCCCCC/C=C/C(O)C(COC1OC(CO)C(O)C(O)C1O)NC(=O)CCCCCCCCCCCCCCCCCCC/C=C\CCCCCCCCCCCCCCCCCCCCOC(=O)CCCCCCCCCCCCCC. The van der Waals surface area contributed by atoms with E-state index in [2.05, 4.69) is 31.3 Å². The molecule has 1 rings (SSSR count). The van der Waals surface area contributed by atoms with Gasteiger partial charge in [0.1, 0.15) is 24.4 Å². The summed E-state index contributed by atoms with van der Waals surface area (Å²) in [5, 5.41) is 54.5. The van der Waals surface area contributed by atoms with Gasteiger partial charge in [-0.05, 0) is 57.8 Å². The van der Waals surface area contributed by atoms with Gasteiger partial charge in [0.15, 0.2) is 6.29 Å². The molecule has 7 atom stereocenters. The monoisotopic (exact) mass is 1270 g/mol. The summed E-state index contributed by atoms with van der Waals surface area (Å²) >= 11 is 0. The van der Waals surface area contributed by atoms with E-state index < -0.39 is 49.5 Å². The van der Waals surface area contributed by atoms with E-state index in [1.54, 1.807) is 6.08 Å². The summed E-state index contributed by atoms with van der Waals surface area (Å²) in [6, 6.07) is -0.805. The third-order valence-corrected chi connectivity index (χ3v) is 19.1. The first-order valence-corrected chi connectivity index (χ1v) is 39.6. The van der Waals surface area contributed by atoms with Gasteiger partial charge in [0.2, 0.25) is 5.91 Å². The molecule has 6 N–H and O–H groups in total. The lowest BCUT2D eigenvalue weighted by molar-refractivity contribution is -0.302. The van der Waals surface area contributed by atoms with Gasteiger partial charge in [-0.3, -0.25) is 9.59 Å². The highest BCUT2D eigenvalue weighted by Gasteiger charge is 2.44. The van der Waals surface area contributed by atoms with Crippen LogP contribution in [0.4, 0.5) is 0 Å². The molecule has 0 spiro atoms. The van der Waals surface area contributed by atoms with Crippen LogP contribution in [-0.2, 0) is 23.8 Å². The van der Waals surface area contributed by atoms with Gasteiger partial charge in [-0.2, -0.15) is 0 Å². The molecule has 1 fully saturated rings. The molecule has 1 aliphatic rings. The van der Waals surface area contributed by atoms with E-state index in [0.717, 1.165) is 51.4 Å². The molecular weight excluding hydrogens is 1120 g/mol. The third kappa shape index (κ3) is 56.5. The van der Waals surface area contributed by atoms with Crippen LogP contribution in [0, 0.1) is 0 Å². The smallest absolute Gasteiger partial charge is 0.305 e. The van der Waals surface area contributed by atoms with Crippen molar-refractivity contribution < 1.29 is 49.3 Å². The Bertz CT molecular complexity index is 1540. The summed E-state index contributed by atoms with van der Waals surface area (Å²) < 4.78 is 16.7. The Morgan fingerprint density at radius 3 is 1.07 bits per heavy atom. The predicted molar refractivity (Wildman–Crippen MR) is 380 cm³/mol. The summed E-state index contributed by atoms with van der Waals surface area (Å²) in [4.78, 5) is 25.1. The summed E-state index contributed by atoms with van der Waals surface area (Å²) in [5.74, 6) is -0.158.